The van der Waals surface area contributed by atoms with E-state index in [1.807, 2.05) is 0 Å². The van der Waals surface area contributed by atoms with Crippen molar-refractivity contribution >= 4 is 23.9 Å². The van der Waals surface area contributed by atoms with Gasteiger partial charge in [0.1, 0.15) is 24.9 Å². The maximum atomic E-state index is 13.3. The highest BCUT2D eigenvalue weighted by atomic mass is 16.8. The molecule has 2 aliphatic rings. The van der Waals surface area contributed by atoms with E-state index in [2.05, 4.69) is 6.92 Å². The lowest BCUT2D eigenvalue weighted by Crippen LogP contribution is -2.65. The van der Waals surface area contributed by atoms with E-state index in [-0.39, 0.29) is 6.42 Å². The predicted octanol–water partition coefficient (Wildman–Crippen LogP) is 1.92. The van der Waals surface area contributed by atoms with Crippen molar-refractivity contribution in [3.05, 3.63) is 0 Å². The maximum Gasteiger partial charge on any atom is 0.308 e. The fourth-order valence-electron chi connectivity index (χ4n) is 5.37. The Morgan fingerprint density at radius 2 is 1.18 bits per heavy atom. The average Bonchev–Trinajstić information content (AvgIpc) is 3.32. The SMILES string of the molecule is CCCCCCCCCC(=O)O[C@H]1[C@@H](O[C@@]2(CO)O[C@@H](CO)[C@@H](O)[C@H]2OC(=O)C(C)C)O[C@@H](CO)[C@@H](OC(=O)C(C)C)[C@H]1OC(=O)C(C)C. The number of aliphatic hydroxyl groups is 4. The van der Waals surface area contributed by atoms with Gasteiger partial charge in [-0.1, -0.05) is 87.0 Å². The summed E-state index contributed by atoms with van der Waals surface area (Å²) < 4.78 is 40.6. The number of aliphatic hydroxyl groups excluding tert-OH is 4. The fraction of sp³-hybridized carbons (Fsp3) is 0.882. The summed E-state index contributed by atoms with van der Waals surface area (Å²) in [6, 6.07) is 0. The predicted molar refractivity (Wildman–Crippen MR) is 171 cm³/mol. The summed E-state index contributed by atoms with van der Waals surface area (Å²) in [5.41, 5.74) is 0. The summed E-state index contributed by atoms with van der Waals surface area (Å²) in [5.74, 6) is -7.35. The van der Waals surface area contributed by atoms with E-state index in [0.29, 0.717) is 6.42 Å². The number of carbonyl (C=O) groups is 4. The molecule has 9 atom stereocenters. The Bertz CT molecular complexity index is 1050. The molecule has 15 heteroatoms. The van der Waals surface area contributed by atoms with E-state index in [1.165, 1.54) is 0 Å². The van der Waals surface area contributed by atoms with Crippen molar-refractivity contribution in [2.24, 2.45) is 17.8 Å². The number of rotatable bonds is 20. The Kier molecular flexibility index (Phi) is 17.8. The van der Waals surface area contributed by atoms with Crippen LogP contribution in [0.1, 0.15) is 99.8 Å². The first-order valence-corrected chi connectivity index (χ1v) is 17.5. The Balaban J connectivity index is 2.55. The van der Waals surface area contributed by atoms with Gasteiger partial charge in [0.2, 0.25) is 12.1 Å². The molecule has 4 N–H and O–H groups in total. The lowest BCUT2D eigenvalue weighted by atomic mass is 9.97. The van der Waals surface area contributed by atoms with Gasteiger partial charge >= 0.3 is 23.9 Å². The van der Waals surface area contributed by atoms with Crippen molar-refractivity contribution in [1.29, 1.82) is 0 Å². The standard InChI is InChI=1S/C34H58O15/c1-8-9-10-11-12-13-14-15-24(38)44-28-27(46-31(41)20(4)5)26(45-30(40)19(2)3)23(17-36)43-33(28)49-34(18-37)29(47-32(42)21(6)7)25(39)22(16-35)48-34/h19-23,25-29,33,35-37,39H,8-18H2,1-7H3/t22-,23-,25+,26+,27+,28+,29+,33+,34+/m0/s1. The highest BCUT2D eigenvalue weighted by molar-refractivity contribution is 5.73. The zero-order valence-electron chi connectivity index (χ0n) is 29.9. The van der Waals surface area contributed by atoms with E-state index in [1.54, 1.807) is 41.5 Å². The first kappa shape index (κ1) is 42.8. The van der Waals surface area contributed by atoms with Crippen molar-refractivity contribution in [2.45, 2.75) is 155 Å². The van der Waals surface area contributed by atoms with Crippen LogP contribution in [0.4, 0.5) is 0 Å². The molecule has 0 aromatic carbocycles. The number of unbranched alkanes of at least 4 members (excludes halogenated alkanes) is 6. The molecule has 49 heavy (non-hydrogen) atoms. The van der Waals surface area contributed by atoms with Gasteiger partial charge in [0, 0.05) is 6.42 Å². The number of hydrogen-bond acceptors (Lipinski definition) is 15. The summed E-state index contributed by atoms with van der Waals surface area (Å²) >= 11 is 0. The van der Waals surface area contributed by atoms with Gasteiger partial charge in [-0.3, -0.25) is 19.2 Å². The Hall–Kier alpha value is -2.40. The van der Waals surface area contributed by atoms with Gasteiger partial charge in [-0.05, 0) is 6.42 Å². The molecule has 15 nitrogen and oxygen atoms in total. The van der Waals surface area contributed by atoms with Gasteiger partial charge in [0.05, 0.1) is 31.0 Å². The molecule has 0 unspecified atom stereocenters. The van der Waals surface area contributed by atoms with E-state index >= 15 is 0 Å². The minimum atomic E-state index is -2.39. The van der Waals surface area contributed by atoms with E-state index in [4.69, 9.17) is 33.2 Å². The first-order chi connectivity index (χ1) is 23.2. The molecule has 0 saturated carbocycles. The summed E-state index contributed by atoms with van der Waals surface area (Å²) in [4.78, 5) is 51.8. The third-order valence-electron chi connectivity index (χ3n) is 8.38. The molecule has 0 amide bonds. The van der Waals surface area contributed by atoms with Gasteiger partial charge in [0.15, 0.2) is 24.4 Å². The summed E-state index contributed by atoms with van der Waals surface area (Å²) in [7, 11) is 0. The summed E-state index contributed by atoms with van der Waals surface area (Å²) in [6.45, 7) is 8.88. The molecule has 2 saturated heterocycles. The lowest BCUT2D eigenvalue weighted by Gasteiger charge is -2.46. The second-order valence-corrected chi connectivity index (χ2v) is 13.6. The highest BCUT2D eigenvalue weighted by Crippen LogP contribution is 2.40. The van der Waals surface area contributed by atoms with Crippen LogP contribution in [0, 0.1) is 17.8 Å². The van der Waals surface area contributed by atoms with Crippen molar-refractivity contribution in [1.82, 2.24) is 0 Å². The monoisotopic (exact) mass is 706 g/mol. The largest absolute Gasteiger partial charge is 0.455 e. The summed E-state index contributed by atoms with van der Waals surface area (Å²) in [6.07, 6.45) is -6.22. The zero-order chi connectivity index (χ0) is 36.9. The van der Waals surface area contributed by atoms with E-state index in [9.17, 15) is 39.6 Å². The minimum Gasteiger partial charge on any atom is -0.455 e. The van der Waals surface area contributed by atoms with Crippen molar-refractivity contribution in [3.8, 4) is 0 Å². The third-order valence-corrected chi connectivity index (χ3v) is 8.38. The number of esters is 4. The number of hydrogen-bond donors (Lipinski definition) is 4. The Labute approximate surface area is 288 Å². The molecule has 2 aliphatic heterocycles. The quantitative estimate of drug-likeness (QED) is 0.0809. The van der Waals surface area contributed by atoms with Crippen LogP contribution in [0.2, 0.25) is 0 Å². The average molecular weight is 707 g/mol. The molecular weight excluding hydrogens is 648 g/mol. The molecule has 2 rings (SSSR count). The second-order valence-electron chi connectivity index (χ2n) is 13.6. The van der Waals surface area contributed by atoms with Crippen molar-refractivity contribution < 1.29 is 72.8 Å². The molecule has 0 bridgehead atoms. The molecular formula is C34H58O15. The maximum absolute atomic E-state index is 13.3. The second kappa shape index (κ2) is 20.4. The van der Waals surface area contributed by atoms with Crippen molar-refractivity contribution in [2.75, 3.05) is 19.8 Å². The third kappa shape index (κ3) is 11.8. The van der Waals surface area contributed by atoms with Gasteiger partial charge in [0.25, 0.3) is 0 Å². The molecule has 0 spiro atoms. The van der Waals surface area contributed by atoms with Crippen LogP contribution < -0.4 is 0 Å². The van der Waals surface area contributed by atoms with Crippen LogP contribution in [0.15, 0.2) is 0 Å². The molecule has 284 valence electrons. The minimum absolute atomic E-state index is 0.0245. The smallest absolute Gasteiger partial charge is 0.308 e. The van der Waals surface area contributed by atoms with Crippen LogP contribution in [-0.2, 0) is 52.3 Å². The Morgan fingerprint density at radius 3 is 1.69 bits per heavy atom. The van der Waals surface area contributed by atoms with Crippen LogP contribution in [0.25, 0.3) is 0 Å². The molecule has 0 radical (unpaired) electrons. The zero-order valence-corrected chi connectivity index (χ0v) is 29.9. The van der Waals surface area contributed by atoms with Crippen LogP contribution in [0.3, 0.4) is 0 Å². The molecule has 0 aromatic heterocycles. The van der Waals surface area contributed by atoms with E-state index in [0.717, 1.165) is 38.5 Å². The number of ether oxygens (including phenoxy) is 7. The fourth-order valence-corrected chi connectivity index (χ4v) is 5.37. The van der Waals surface area contributed by atoms with Crippen LogP contribution >= 0.6 is 0 Å². The van der Waals surface area contributed by atoms with Crippen molar-refractivity contribution in [3.63, 3.8) is 0 Å². The topological polar surface area (TPSA) is 214 Å². The number of carbonyl (C=O) groups excluding carboxylic acids is 4. The van der Waals surface area contributed by atoms with Gasteiger partial charge in [-0.15, -0.1) is 0 Å². The first-order valence-electron chi connectivity index (χ1n) is 17.5. The van der Waals surface area contributed by atoms with Crippen LogP contribution in [-0.4, -0.2) is 119 Å². The van der Waals surface area contributed by atoms with Crippen LogP contribution in [0.5, 0.6) is 0 Å². The Morgan fingerprint density at radius 1 is 0.673 bits per heavy atom. The lowest BCUT2D eigenvalue weighted by molar-refractivity contribution is -0.384. The highest BCUT2D eigenvalue weighted by Gasteiger charge is 2.62. The van der Waals surface area contributed by atoms with Gasteiger partial charge < -0.3 is 53.6 Å². The molecule has 2 fully saturated rings. The van der Waals surface area contributed by atoms with E-state index < -0.39 is 116 Å². The van der Waals surface area contributed by atoms with Gasteiger partial charge in [-0.2, -0.15) is 0 Å². The molecule has 0 aliphatic carbocycles. The summed E-state index contributed by atoms with van der Waals surface area (Å²) in [5, 5.41) is 41.9. The normalized spacial score (nSPS) is 30.1. The van der Waals surface area contributed by atoms with Gasteiger partial charge in [-0.25, -0.2) is 0 Å². The molecule has 0 aromatic rings. The molecule has 2 heterocycles.